The molecular formula is C19H16I2N2O2S. The van der Waals surface area contributed by atoms with Gasteiger partial charge in [-0.05, 0) is 113 Å². The summed E-state index contributed by atoms with van der Waals surface area (Å²) in [5, 5.41) is 3.41. The van der Waals surface area contributed by atoms with E-state index < -0.39 is 0 Å². The normalized spacial score (nSPS) is 15.6. The Morgan fingerprint density at radius 2 is 1.88 bits per heavy atom. The van der Waals surface area contributed by atoms with Crippen LogP contribution in [0, 0.1) is 21.0 Å². The molecule has 134 valence electrons. The van der Waals surface area contributed by atoms with Crippen LogP contribution in [0.25, 0.3) is 6.08 Å². The number of halogens is 2. The molecule has 26 heavy (non-hydrogen) atoms. The standard InChI is InChI=1S/C19H16I2N2O2S/c1-10-4-5-14(6-11(10)2)23-18(24)16(22-19(23)26)8-12-7-13(20)9-15(21)17(12)25-3/h4-9H,1-3H3,(H,22,26)/b16-8-. The summed E-state index contributed by atoms with van der Waals surface area (Å²) >= 11 is 9.88. The molecule has 0 radical (unpaired) electrons. The molecule has 1 saturated heterocycles. The molecule has 7 heteroatoms. The number of nitrogens with one attached hydrogen (secondary N) is 1. The van der Waals surface area contributed by atoms with Crippen molar-refractivity contribution in [2.75, 3.05) is 12.0 Å². The molecule has 0 aliphatic carbocycles. The second-order valence-electron chi connectivity index (χ2n) is 5.91. The van der Waals surface area contributed by atoms with Crippen LogP contribution < -0.4 is 15.0 Å². The van der Waals surface area contributed by atoms with Crippen molar-refractivity contribution in [1.29, 1.82) is 0 Å². The first-order chi connectivity index (χ1) is 12.3. The minimum atomic E-state index is -0.172. The minimum absolute atomic E-state index is 0.172. The van der Waals surface area contributed by atoms with E-state index in [1.807, 2.05) is 44.2 Å². The number of thiocarbonyl (C=S) groups is 1. The van der Waals surface area contributed by atoms with Gasteiger partial charge in [0.1, 0.15) is 11.4 Å². The van der Waals surface area contributed by atoms with Gasteiger partial charge in [-0.25, -0.2) is 0 Å². The zero-order valence-corrected chi connectivity index (χ0v) is 19.5. The average molecular weight is 590 g/mol. The van der Waals surface area contributed by atoms with Gasteiger partial charge in [-0.15, -0.1) is 0 Å². The third kappa shape index (κ3) is 3.74. The highest BCUT2D eigenvalue weighted by atomic mass is 127. The number of hydrogen-bond donors (Lipinski definition) is 1. The SMILES string of the molecule is COc1c(I)cc(I)cc1/C=C1\NC(=S)N(c2ccc(C)c(C)c2)C1=O. The number of amides is 1. The summed E-state index contributed by atoms with van der Waals surface area (Å²) in [4.78, 5) is 14.5. The molecule has 0 bridgehead atoms. The number of anilines is 1. The number of methoxy groups -OCH3 is 1. The fourth-order valence-corrected chi connectivity index (χ4v) is 5.10. The second-order valence-corrected chi connectivity index (χ2v) is 8.70. The number of benzene rings is 2. The van der Waals surface area contributed by atoms with Crippen molar-refractivity contribution in [3.8, 4) is 5.75 Å². The lowest BCUT2D eigenvalue weighted by molar-refractivity contribution is -0.113. The zero-order valence-electron chi connectivity index (χ0n) is 14.4. The first kappa shape index (κ1) is 19.6. The van der Waals surface area contributed by atoms with Gasteiger partial charge in [0.05, 0.1) is 16.4 Å². The van der Waals surface area contributed by atoms with E-state index in [-0.39, 0.29) is 5.91 Å². The Morgan fingerprint density at radius 3 is 2.54 bits per heavy atom. The predicted molar refractivity (Wildman–Crippen MR) is 126 cm³/mol. The number of nitrogens with zero attached hydrogens (tertiary/aromatic N) is 1. The Morgan fingerprint density at radius 1 is 1.15 bits per heavy atom. The van der Waals surface area contributed by atoms with E-state index in [4.69, 9.17) is 17.0 Å². The molecule has 1 N–H and O–H groups in total. The monoisotopic (exact) mass is 590 g/mol. The van der Waals surface area contributed by atoms with Gasteiger partial charge >= 0.3 is 0 Å². The molecule has 0 atom stereocenters. The third-order valence-electron chi connectivity index (χ3n) is 4.17. The number of rotatable bonds is 3. The Kier molecular flexibility index (Phi) is 5.88. The molecule has 1 aliphatic heterocycles. The predicted octanol–water partition coefficient (Wildman–Crippen LogP) is 4.78. The highest BCUT2D eigenvalue weighted by Crippen LogP contribution is 2.31. The van der Waals surface area contributed by atoms with Crippen LogP contribution in [0.1, 0.15) is 16.7 Å². The summed E-state index contributed by atoms with van der Waals surface area (Å²) in [7, 11) is 1.63. The van der Waals surface area contributed by atoms with Gasteiger partial charge in [-0.1, -0.05) is 6.07 Å². The van der Waals surface area contributed by atoms with E-state index in [1.165, 1.54) is 10.5 Å². The van der Waals surface area contributed by atoms with Crippen molar-refractivity contribution in [1.82, 2.24) is 5.32 Å². The molecule has 4 nitrogen and oxygen atoms in total. The first-order valence-electron chi connectivity index (χ1n) is 7.79. The number of ether oxygens (including phenoxy) is 1. The number of carbonyl (C=O) groups excluding carboxylic acids is 1. The molecule has 0 saturated carbocycles. The zero-order chi connectivity index (χ0) is 19.0. The van der Waals surface area contributed by atoms with Gasteiger partial charge in [0.25, 0.3) is 5.91 Å². The van der Waals surface area contributed by atoms with Crippen LogP contribution in [0.2, 0.25) is 0 Å². The van der Waals surface area contributed by atoms with E-state index in [9.17, 15) is 4.79 Å². The molecular weight excluding hydrogens is 574 g/mol. The van der Waals surface area contributed by atoms with E-state index >= 15 is 0 Å². The average Bonchev–Trinajstić information content (AvgIpc) is 2.84. The molecule has 1 amide bonds. The van der Waals surface area contributed by atoms with Crippen LogP contribution in [0.5, 0.6) is 5.75 Å². The largest absolute Gasteiger partial charge is 0.495 e. The summed E-state index contributed by atoms with van der Waals surface area (Å²) in [6.07, 6.45) is 1.79. The van der Waals surface area contributed by atoms with Crippen molar-refractivity contribution in [3.05, 3.63) is 59.9 Å². The highest BCUT2D eigenvalue weighted by molar-refractivity contribution is 14.1. The second kappa shape index (κ2) is 7.81. The minimum Gasteiger partial charge on any atom is -0.495 e. The van der Waals surface area contributed by atoms with Crippen molar-refractivity contribution in [3.63, 3.8) is 0 Å². The summed E-state index contributed by atoms with van der Waals surface area (Å²) in [6.45, 7) is 4.06. The molecule has 1 heterocycles. The van der Waals surface area contributed by atoms with Crippen LogP contribution in [-0.2, 0) is 4.79 Å². The Hall–Kier alpha value is -1.20. The van der Waals surface area contributed by atoms with Crippen LogP contribution in [0.3, 0.4) is 0 Å². The Balaban J connectivity index is 2.01. The molecule has 0 aromatic heterocycles. The van der Waals surface area contributed by atoms with E-state index in [2.05, 4.69) is 50.5 Å². The Bertz CT molecular complexity index is 957. The van der Waals surface area contributed by atoms with Crippen molar-refractivity contribution in [2.24, 2.45) is 0 Å². The molecule has 0 unspecified atom stereocenters. The lowest BCUT2D eigenvalue weighted by atomic mass is 10.1. The van der Waals surface area contributed by atoms with Crippen LogP contribution in [0.15, 0.2) is 36.0 Å². The summed E-state index contributed by atoms with van der Waals surface area (Å²) in [5.41, 5.74) is 4.33. The van der Waals surface area contributed by atoms with Gasteiger partial charge in [0.2, 0.25) is 0 Å². The van der Waals surface area contributed by atoms with Gasteiger partial charge in [-0.2, -0.15) is 0 Å². The topological polar surface area (TPSA) is 41.6 Å². The summed E-state index contributed by atoms with van der Waals surface area (Å²) < 4.78 is 7.56. The van der Waals surface area contributed by atoms with E-state index in [0.717, 1.165) is 29.7 Å². The van der Waals surface area contributed by atoms with Gasteiger partial charge in [0, 0.05) is 9.13 Å². The maximum Gasteiger partial charge on any atom is 0.281 e. The van der Waals surface area contributed by atoms with E-state index in [1.54, 1.807) is 13.2 Å². The van der Waals surface area contributed by atoms with Crippen LogP contribution in [0.4, 0.5) is 5.69 Å². The van der Waals surface area contributed by atoms with Crippen molar-refractivity contribution < 1.29 is 9.53 Å². The quantitative estimate of drug-likeness (QED) is 0.318. The fourth-order valence-electron chi connectivity index (χ4n) is 2.69. The number of carbonyl (C=O) groups is 1. The Labute approximate surface area is 185 Å². The highest BCUT2D eigenvalue weighted by Gasteiger charge is 2.32. The van der Waals surface area contributed by atoms with Gasteiger partial charge in [0.15, 0.2) is 5.11 Å². The summed E-state index contributed by atoms with van der Waals surface area (Å²) in [5.74, 6) is 0.567. The van der Waals surface area contributed by atoms with Crippen LogP contribution in [-0.4, -0.2) is 18.1 Å². The lowest BCUT2D eigenvalue weighted by Gasteiger charge is -2.15. The molecule has 1 fully saturated rings. The first-order valence-corrected chi connectivity index (χ1v) is 10.4. The van der Waals surface area contributed by atoms with E-state index in [0.29, 0.717) is 10.8 Å². The maximum atomic E-state index is 12.9. The van der Waals surface area contributed by atoms with Crippen molar-refractivity contribution >= 4 is 80.2 Å². The number of aryl methyl sites for hydroxylation is 2. The molecule has 1 aliphatic rings. The molecule has 3 rings (SSSR count). The maximum absolute atomic E-state index is 12.9. The van der Waals surface area contributed by atoms with Crippen molar-refractivity contribution in [2.45, 2.75) is 13.8 Å². The van der Waals surface area contributed by atoms with Gasteiger partial charge < -0.3 is 10.1 Å². The molecule has 2 aromatic rings. The smallest absolute Gasteiger partial charge is 0.281 e. The van der Waals surface area contributed by atoms with Crippen LogP contribution >= 0.6 is 57.4 Å². The molecule has 0 spiro atoms. The van der Waals surface area contributed by atoms with Gasteiger partial charge in [-0.3, -0.25) is 9.69 Å². The summed E-state index contributed by atoms with van der Waals surface area (Å²) in [6, 6.07) is 9.88. The fraction of sp³-hybridized carbons (Fsp3) is 0.158. The number of hydrogen-bond acceptors (Lipinski definition) is 3. The third-order valence-corrected chi connectivity index (χ3v) is 5.88. The molecule has 2 aromatic carbocycles. The lowest BCUT2D eigenvalue weighted by Crippen LogP contribution is -2.30.